The van der Waals surface area contributed by atoms with Crippen LogP contribution in [0.3, 0.4) is 0 Å². The lowest BCUT2D eigenvalue weighted by atomic mass is 10.1. The van der Waals surface area contributed by atoms with E-state index < -0.39 is 23.4 Å². The van der Waals surface area contributed by atoms with Crippen molar-refractivity contribution in [3.63, 3.8) is 0 Å². The van der Waals surface area contributed by atoms with Crippen molar-refractivity contribution in [2.75, 3.05) is 4.90 Å². The van der Waals surface area contributed by atoms with Crippen LogP contribution in [-0.4, -0.2) is 22.0 Å². The topological polar surface area (TPSA) is 78.9 Å². The van der Waals surface area contributed by atoms with Gasteiger partial charge in [0.1, 0.15) is 17.1 Å². The predicted molar refractivity (Wildman–Crippen MR) is 117 cm³/mol. The number of phenolic OH excluding ortho intramolecular Hbond substituents is 1. The van der Waals surface area contributed by atoms with Crippen LogP contribution in [0.1, 0.15) is 5.56 Å². The van der Waals surface area contributed by atoms with E-state index in [1.165, 1.54) is 12.1 Å². The van der Waals surface area contributed by atoms with Crippen molar-refractivity contribution in [2.45, 2.75) is 0 Å². The molecule has 2 N–H and O–H groups in total. The molecule has 6 nitrogen and oxygen atoms in total. The number of amides is 2. The maximum absolute atomic E-state index is 13.6. The molecule has 8 heteroatoms. The van der Waals surface area contributed by atoms with Gasteiger partial charge < -0.3 is 9.84 Å². The van der Waals surface area contributed by atoms with Gasteiger partial charge in [-0.2, -0.15) is 0 Å². The molecular weight excluding hydrogens is 419 g/mol. The molecular formula is C23H15FN2O4S. The fourth-order valence-electron chi connectivity index (χ4n) is 2.98. The van der Waals surface area contributed by atoms with E-state index in [0.717, 1.165) is 17.0 Å². The van der Waals surface area contributed by atoms with E-state index in [2.05, 4.69) is 5.32 Å². The minimum Gasteiger partial charge on any atom is -0.504 e. The first-order chi connectivity index (χ1) is 14.9. The second-order valence-electron chi connectivity index (χ2n) is 6.54. The number of aromatic hydroxyl groups is 1. The maximum Gasteiger partial charge on any atom is 0.270 e. The Morgan fingerprint density at radius 1 is 0.935 bits per heavy atom. The molecule has 1 heterocycles. The highest BCUT2D eigenvalue weighted by Gasteiger charge is 2.34. The number of halogens is 1. The SMILES string of the molecule is O=C1NC(=S)N(c2ccc(Oc3ccccc3)cc2)C(=O)C1=Cc1cccc(F)c1O. The van der Waals surface area contributed by atoms with Gasteiger partial charge in [-0.3, -0.25) is 19.8 Å². The van der Waals surface area contributed by atoms with Gasteiger partial charge in [0.05, 0.1) is 5.69 Å². The predicted octanol–water partition coefficient (Wildman–Crippen LogP) is 4.15. The number of carbonyl (C=O) groups excluding carboxylic acids is 2. The summed E-state index contributed by atoms with van der Waals surface area (Å²) in [7, 11) is 0. The first-order valence-corrected chi connectivity index (χ1v) is 9.57. The molecule has 1 aliphatic rings. The van der Waals surface area contributed by atoms with Crippen molar-refractivity contribution in [1.82, 2.24) is 5.32 Å². The lowest BCUT2D eigenvalue weighted by molar-refractivity contribution is -0.122. The highest BCUT2D eigenvalue weighted by Crippen LogP contribution is 2.28. The van der Waals surface area contributed by atoms with Gasteiger partial charge in [-0.1, -0.05) is 30.3 Å². The molecule has 2 amide bonds. The number of hydrogen-bond acceptors (Lipinski definition) is 5. The van der Waals surface area contributed by atoms with E-state index in [-0.39, 0.29) is 16.2 Å². The van der Waals surface area contributed by atoms with Crippen molar-refractivity contribution in [3.05, 3.63) is 89.8 Å². The maximum atomic E-state index is 13.6. The number of para-hydroxylation sites is 2. The molecule has 1 fully saturated rings. The fourth-order valence-corrected chi connectivity index (χ4v) is 3.26. The van der Waals surface area contributed by atoms with E-state index in [0.29, 0.717) is 17.2 Å². The molecule has 31 heavy (non-hydrogen) atoms. The zero-order valence-electron chi connectivity index (χ0n) is 15.9. The molecule has 4 rings (SSSR count). The van der Waals surface area contributed by atoms with Crippen LogP contribution in [0.15, 0.2) is 78.4 Å². The molecule has 0 unspecified atom stereocenters. The van der Waals surface area contributed by atoms with E-state index in [9.17, 15) is 19.1 Å². The number of hydrogen-bond donors (Lipinski definition) is 2. The van der Waals surface area contributed by atoms with E-state index in [1.807, 2.05) is 30.3 Å². The second kappa shape index (κ2) is 8.37. The van der Waals surface area contributed by atoms with E-state index in [4.69, 9.17) is 17.0 Å². The number of thiocarbonyl (C=S) groups is 1. The van der Waals surface area contributed by atoms with Gasteiger partial charge in [-0.05, 0) is 60.8 Å². The number of anilines is 1. The summed E-state index contributed by atoms with van der Waals surface area (Å²) in [5.74, 6) is -1.74. The third kappa shape index (κ3) is 4.15. The summed E-state index contributed by atoms with van der Waals surface area (Å²) in [6.45, 7) is 0. The number of ether oxygens (including phenoxy) is 1. The average Bonchev–Trinajstić information content (AvgIpc) is 2.76. The first-order valence-electron chi connectivity index (χ1n) is 9.16. The van der Waals surface area contributed by atoms with Crippen molar-refractivity contribution in [1.29, 1.82) is 0 Å². The van der Waals surface area contributed by atoms with E-state index in [1.54, 1.807) is 24.3 Å². The molecule has 1 saturated heterocycles. The largest absolute Gasteiger partial charge is 0.504 e. The molecule has 154 valence electrons. The summed E-state index contributed by atoms with van der Waals surface area (Å²) in [5, 5.41) is 12.2. The number of carbonyl (C=O) groups is 2. The van der Waals surface area contributed by atoms with Crippen LogP contribution in [0.5, 0.6) is 17.2 Å². The van der Waals surface area contributed by atoms with Gasteiger partial charge in [0.2, 0.25) is 0 Å². The van der Waals surface area contributed by atoms with Gasteiger partial charge in [0.25, 0.3) is 11.8 Å². The van der Waals surface area contributed by atoms with E-state index >= 15 is 0 Å². The lowest BCUT2D eigenvalue weighted by Gasteiger charge is -2.29. The Labute approximate surface area is 182 Å². The summed E-state index contributed by atoms with van der Waals surface area (Å²) in [6.07, 6.45) is 1.12. The summed E-state index contributed by atoms with van der Waals surface area (Å²) >= 11 is 5.17. The highest BCUT2D eigenvalue weighted by molar-refractivity contribution is 7.80. The van der Waals surface area contributed by atoms with Gasteiger partial charge >= 0.3 is 0 Å². The molecule has 1 aliphatic heterocycles. The number of nitrogens with zero attached hydrogens (tertiary/aromatic N) is 1. The third-order valence-corrected chi connectivity index (χ3v) is 4.78. The van der Waals surface area contributed by atoms with Crippen LogP contribution in [-0.2, 0) is 9.59 Å². The van der Waals surface area contributed by atoms with Crippen molar-refractivity contribution in [3.8, 4) is 17.2 Å². The average molecular weight is 434 g/mol. The lowest BCUT2D eigenvalue weighted by Crippen LogP contribution is -2.54. The first kappa shape index (κ1) is 20.2. The van der Waals surface area contributed by atoms with Gasteiger partial charge in [0, 0.05) is 5.56 Å². The normalized spacial score (nSPS) is 15.2. The Morgan fingerprint density at radius 2 is 1.61 bits per heavy atom. The molecule has 0 aromatic heterocycles. The molecule has 3 aromatic carbocycles. The molecule has 0 atom stereocenters. The van der Waals surface area contributed by atoms with Crippen LogP contribution in [0, 0.1) is 5.82 Å². The van der Waals surface area contributed by atoms with Crippen LogP contribution in [0.4, 0.5) is 10.1 Å². The Kier molecular flexibility index (Phi) is 5.46. The zero-order chi connectivity index (χ0) is 22.0. The van der Waals surface area contributed by atoms with Gasteiger partial charge in [0.15, 0.2) is 16.7 Å². The monoisotopic (exact) mass is 434 g/mol. The van der Waals surface area contributed by atoms with Crippen molar-refractivity contribution >= 4 is 40.9 Å². The third-order valence-electron chi connectivity index (χ3n) is 4.49. The molecule has 0 aliphatic carbocycles. The molecule has 0 bridgehead atoms. The van der Waals surface area contributed by atoms with Crippen LogP contribution in [0.2, 0.25) is 0 Å². The Bertz CT molecular complexity index is 1210. The van der Waals surface area contributed by atoms with Crippen LogP contribution >= 0.6 is 12.2 Å². The second-order valence-corrected chi connectivity index (χ2v) is 6.93. The van der Waals surface area contributed by atoms with Crippen LogP contribution < -0.4 is 15.0 Å². The molecule has 0 saturated carbocycles. The Hall–Kier alpha value is -4.04. The number of rotatable bonds is 4. The Balaban J connectivity index is 1.63. The quantitative estimate of drug-likeness (QED) is 0.366. The summed E-state index contributed by atoms with van der Waals surface area (Å²) in [5.41, 5.74) is 0.113. The molecule has 0 radical (unpaired) electrons. The minimum atomic E-state index is -0.862. The number of benzene rings is 3. The minimum absolute atomic E-state index is 0.00197. The zero-order valence-corrected chi connectivity index (χ0v) is 16.7. The standard InChI is InChI=1S/C23H15FN2O4S/c24-19-8-4-5-14(20(19)27)13-18-21(28)25-23(31)26(22(18)29)15-9-11-17(12-10-15)30-16-6-2-1-3-7-16/h1-13,27H,(H,25,28,31). The number of phenols is 1. The molecule has 0 spiro atoms. The fraction of sp³-hybridized carbons (Fsp3) is 0. The molecule has 3 aromatic rings. The number of nitrogens with one attached hydrogen (secondary N) is 1. The van der Waals surface area contributed by atoms with Crippen molar-refractivity contribution < 1.29 is 23.8 Å². The smallest absolute Gasteiger partial charge is 0.270 e. The summed E-state index contributed by atoms with van der Waals surface area (Å²) in [6, 6.07) is 19.6. The van der Waals surface area contributed by atoms with Crippen LogP contribution in [0.25, 0.3) is 6.08 Å². The van der Waals surface area contributed by atoms with Crippen molar-refractivity contribution in [2.24, 2.45) is 0 Å². The van der Waals surface area contributed by atoms with Gasteiger partial charge in [-0.25, -0.2) is 4.39 Å². The summed E-state index contributed by atoms with van der Waals surface area (Å²) in [4.78, 5) is 26.5. The summed E-state index contributed by atoms with van der Waals surface area (Å²) < 4.78 is 19.4. The van der Waals surface area contributed by atoms with Gasteiger partial charge in [-0.15, -0.1) is 0 Å². The highest BCUT2D eigenvalue weighted by atomic mass is 32.1. The Morgan fingerprint density at radius 3 is 2.32 bits per heavy atom.